The molecule has 0 aliphatic heterocycles. The van der Waals surface area contributed by atoms with Gasteiger partial charge in [0, 0.05) is 19.6 Å². The summed E-state index contributed by atoms with van der Waals surface area (Å²) in [7, 11) is 1.95. The molecule has 0 aromatic heterocycles. The third-order valence-corrected chi connectivity index (χ3v) is 4.48. The van der Waals surface area contributed by atoms with E-state index in [4.69, 9.17) is 0 Å². The number of fused-ring (bicyclic) bond motifs is 2. The zero-order valence-electron chi connectivity index (χ0n) is 11.4. The smallest absolute Gasteiger partial charge is 0.236 e. The third-order valence-electron chi connectivity index (χ3n) is 4.48. The van der Waals surface area contributed by atoms with Crippen molar-refractivity contribution in [2.75, 3.05) is 20.1 Å². The molecule has 3 unspecified atom stereocenters. The molecule has 0 aromatic rings. The van der Waals surface area contributed by atoms with Crippen molar-refractivity contribution in [3.8, 4) is 0 Å². The van der Waals surface area contributed by atoms with Crippen LogP contribution < -0.4 is 5.32 Å². The maximum Gasteiger partial charge on any atom is 0.236 e. The van der Waals surface area contributed by atoms with E-state index in [0.29, 0.717) is 12.6 Å². The Hall–Kier alpha value is -0.570. The number of nitrogens with zero attached hydrogens (tertiary/aromatic N) is 1. The lowest BCUT2D eigenvalue weighted by Gasteiger charge is -2.27. The topological polar surface area (TPSA) is 32.3 Å². The number of nitrogens with one attached hydrogen (secondary N) is 1. The second kappa shape index (κ2) is 5.38. The second-order valence-electron chi connectivity index (χ2n) is 6.24. The van der Waals surface area contributed by atoms with Crippen molar-refractivity contribution in [1.82, 2.24) is 10.2 Å². The van der Waals surface area contributed by atoms with Gasteiger partial charge in [-0.05, 0) is 37.0 Å². The Kier molecular flexibility index (Phi) is 4.08. The fourth-order valence-electron chi connectivity index (χ4n) is 3.48. The first-order valence-electron chi connectivity index (χ1n) is 7.03. The average molecular weight is 238 g/mol. The summed E-state index contributed by atoms with van der Waals surface area (Å²) >= 11 is 0. The summed E-state index contributed by atoms with van der Waals surface area (Å²) in [5.74, 6) is 2.90. The van der Waals surface area contributed by atoms with Crippen LogP contribution in [0.1, 0.15) is 39.5 Å². The highest BCUT2D eigenvalue weighted by Gasteiger charge is 2.39. The van der Waals surface area contributed by atoms with Gasteiger partial charge in [-0.1, -0.05) is 20.3 Å². The largest absolute Gasteiger partial charge is 0.344 e. The van der Waals surface area contributed by atoms with Gasteiger partial charge in [0.05, 0.1) is 6.54 Å². The predicted molar refractivity (Wildman–Crippen MR) is 69.7 cm³/mol. The van der Waals surface area contributed by atoms with E-state index < -0.39 is 0 Å². The zero-order valence-corrected chi connectivity index (χ0v) is 11.4. The predicted octanol–water partition coefficient (Wildman–Crippen LogP) is 1.88. The number of amides is 1. The van der Waals surface area contributed by atoms with Crippen LogP contribution in [0, 0.1) is 17.8 Å². The molecule has 17 heavy (non-hydrogen) atoms. The molecule has 2 bridgehead atoms. The van der Waals surface area contributed by atoms with Crippen LogP contribution in [0.5, 0.6) is 0 Å². The molecule has 1 N–H and O–H groups in total. The molecule has 3 heteroatoms. The first-order chi connectivity index (χ1) is 8.06. The summed E-state index contributed by atoms with van der Waals surface area (Å²) in [5.41, 5.74) is 0. The van der Waals surface area contributed by atoms with Gasteiger partial charge in [-0.2, -0.15) is 0 Å². The Balaban J connectivity index is 1.73. The minimum absolute atomic E-state index is 0.237. The van der Waals surface area contributed by atoms with Crippen LogP contribution in [0.4, 0.5) is 0 Å². The Morgan fingerprint density at radius 3 is 2.65 bits per heavy atom. The maximum absolute atomic E-state index is 11.9. The van der Waals surface area contributed by atoms with Crippen LogP contribution in [-0.4, -0.2) is 37.0 Å². The molecule has 2 fully saturated rings. The van der Waals surface area contributed by atoms with E-state index in [-0.39, 0.29) is 5.91 Å². The highest BCUT2D eigenvalue weighted by atomic mass is 16.2. The van der Waals surface area contributed by atoms with Crippen molar-refractivity contribution < 1.29 is 4.79 Å². The summed E-state index contributed by atoms with van der Waals surface area (Å²) in [5, 5.41) is 3.19. The van der Waals surface area contributed by atoms with Gasteiger partial charge in [0.1, 0.15) is 0 Å². The van der Waals surface area contributed by atoms with Gasteiger partial charge in [-0.15, -0.1) is 0 Å². The number of carbonyl (C=O) groups excluding carboxylic acids is 1. The van der Waals surface area contributed by atoms with E-state index in [0.717, 1.165) is 24.3 Å². The van der Waals surface area contributed by atoms with Crippen LogP contribution >= 0.6 is 0 Å². The number of carbonyl (C=O) groups is 1. The van der Waals surface area contributed by atoms with E-state index in [1.807, 2.05) is 11.9 Å². The summed E-state index contributed by atoms with van der Waals surface area (Å²) < 4.78 is 0. The van der Waals surface area contributed by atoms with E-state index in [1.165, 1.54) is 25.7 Å². The van der Waals surface area contributed by atoms with Crippen molar-refractivity contribution in [2.24, 2.45) is 17.8 Å². The van der Waals surface area contributed by atoms with Gasteiger partial charge < -0.3 is 10.2 Å². The molecule has 2 rings (SSSR count). The third kappa shape index (κ3) is 3.21. The van der Waals surface area contributed by atoms with Gasteiger partial charge in [-0.25, -0.2) is 0 Å². The van der Waals surface area contributed by atoms with Crippen molar-refractivity contribution in [1.29, 1.82) is 0 Å². The first-order valence-corrected chi connectivity index (χ1v) is 7.03. The Morgan fingerprint density at radius 2 is 2.12 bits per heavy atom. The highest BCUT2D eigenvalue weighted by molar-refractivity contribution is 5.78. The summed E-state index contributed by atoms with van der Waals surface area (Å²) in [4.78, 5) is 13.8. The lowest BCUT2D eigenvalue weighted by molar-refractivity contribution is -0.129. The van der Waals surface area contributed by atoms with Crippen LogP contribution in [0.3, 0.4) is 0 Å². The molecular formula is C14H26N2O. The van der Waals surface area contributed by atoms with Gasteiger partial charge in [0.15, 0.2) is 0 Å². The van der Waals surface area contributed by atoms with Gasteiger partial charge >= 0.3 is 0 Å². The SMILES string of the molecule is CC(C)NCC(=O)N(C)CC1CC2CCC1C2. The quantitative estimate of drug-likeness (QED) is 0.793. The number of likely N-dealkylation sites (N-methyl/N-ethyl adjacent to an activating group) is 1. The molecule has 2 aliphatic carbocycles. The molecule has 0 spiro atoms. The first kappa shape index (κ1) is 12.9. The number of rotatable bonds is 5. The minimum Gasteiger partial charge on any atom is -0.344 e. The number of hydrogen-bond acceptors (Lipinski definition) is 2. The maximum atomic E-state index is 11.9. The molecule has 0 heterocycles. The summed E-state index contributed by atoms with van der Waals surface area (Å²) in [6.45, 7) is 5.60. The molecule has 2 saturated carbocycles. The second-order valence-corrected chi connectivity index (χ2v) is 6.24. The fraction of sp³-hybridized carbons (Fsp3) is 0.929. The van der Waals surface area contributed by atoms with Crippen LogP contribution in [0.2, 0.25) is 0 Å². The van der Waals surface area contributed by atoms with Crippen molar-refractivity contribution in [3.63, 3.8) is 0 Å². The van der Waals surface area contributed by atoms with Crippen molar-refractivity contribution in [3.05, 3.63) is 0 Å². The number of hydrogen-bond donors (Lipinski definition) is 1. The van der Waals surface area contributed by atoms with Crippen molar-refractivity contribution >= 4 is 5.91 Å². The normalized spacial score (nSPS) is 31.2. The highest BCUT2D eigenvalue weighted by Crippen LogP contribution is 2.48. The molecule has 0 saturated heterocycles. The standard InChI is InChI=1S/C14H26N2O/c1-10(2)15-8-14(17)16(3)9-13-7-11-4-5-12(13)6-11/h10-13,15H,4-9H2,1-3H3. The molecule has 0 radical (unpaired) electrons. The molecule has 0 aromatic carbocycles. The Morgan fingerprint density at radius 1 is 1.35 bits per heavy atom. The lowest BCUT2D eigenvalue weighted by atomic mass is 9.88. The summed E-state index contributed by atoms with van der Waals surface area (Å²) in [6, 6.07) is 0.384. The van der Waals surface area contributed by atoms with Crippen LogP contribution in [0.25, 0.3) is 0 Å². The zero-order chi connectivity index (χ0) is 12.4. The molecule has 98 valence electrons. The fourth-order valence-corrected chi connectivity index (χ4v) is 3.48. The average Bonchev–Trinajstić information content (AvgIpc) is 2.87. The van der Waals surface area contributed by atoms with Crippen molar-refractivity contribution in [2.45, 2.75) is 45.6 Å². The molecule has 3 nitrogen and oxygen atoms in total. The monoisotopic (exact) mass is 238 g/mol. The van der Waals surface area contributed by atoms with E-state index in [1.54, 1.807) is 0 Å². The van der Waals surface area contributed by atoms with Crippen LogP contribution in [0.15, 0.2) is 0 Å². The molecule has 2 aliphatic rings. The molecule has 1 amide bonds. The van der Waals surface area contributed by atoms with Gasteiger partial charge in [0.2, 0.25) is 5.91 Å². The minimum atomic E-state index is 0.237. The Labute approximate surface area is 105 Å². The van der Waals surface area contributed by atoms with E-state index in [2.05, 4.69) is 19.2 Å². The van der Waals surface area contributed by atoms with E-state index >= 15 is 0 Å². The Bertz CT molecular complexity index is 277. The van der Waals surface area contributed by atoms with Gasteiger partial charge in [0.25, 0.3) is 0 Å². The lowest BCUT2D eigenvalue weighted by Crippen LogP contribution is -2.40. The molecule has 3 atom stereocenters. The summed E-state index contributed by atoms with van der Waals surface area (Å²) in [6.07, 6.45) is 5.63. The van der Waals surface area contributed by atoms with Crippen LogP contribution in [-0.2, 0) is 4.79 Å². The van der Waals surface area contributed by atoms with Gasteiger partial charge in [-0.3, -0.25) is 4.79 Å². The van der Waals surface area contributed by atoms with E-state index in [9.17, 15) is 4.79 Å². The molecular weight excluding hydrogens is 212 g/mol.